The lowest BCUT2D eigenvalue weighted by molar-refractivity contribution is 1.23. The Morgan fingerprint density at radius 3 is 1.11 bits per heavy atom. The normalized spacial score (nSPS) is 11.6. The van der Waals surface area contributed by atoms with Gasteiger partial charge >= 0.3 is 0 Å². The fourth-order valence-electron chi connectivity index (χ4n) is 7.64. The summed E-state index contributed by atoms with van der Waals surface area (Å²) in [4.78, 5) is 22.9. The van der Waals surface area contributed by atoms with Crippen LogP contribution in [0.3, 0.4) is 0 Å². The summed E-state index contributed by atoms with van der Waals surface area (Å²) in [7, 11) is 0. The molecule has 56 heavy (non-hydrogen) atoms. The molecule has 4 aromatic heterocycles. The second-order valence-electron chi connectivity index (χ2n) is 13.8. The van der Waals surface area contributed by atoms with Crippen LogP contribution in [0, 0.1) is 0 Å². The van der Waals surface area contributed by atoms with Crippen molar-refractivity contribution in [3.8, 4) is 67.5 Å². The average Bonchev–Trinajstić information content (AvgIpc) is 3.85. The summed E-state index contributed by atoms with van der Waals surface area (Å²) in [6.45, 7) is 0. The van der Waals surface area contributed by atoms with E-state index >= 15 is 0 Å². The SMILES string of the molecule is c1ccc(-c2cccc(-c3nc(-c4ccc(-c5nc(-c6cccc(-c7ccccc7)c6)c6c(n5)sc5ccccc56)cc4)nc4sc5ccccc5c34)c2)cc1. The van der Waals surface area contributed by atoms with Crippen LogP contribution in [0.5, 0.6) is 0 Å². The molecule has 0 amide bonds. The van der Waals surface area contributed by atoms with E-state index in [1.54, 1.807) is 22.7 Å². The minimum atomic E-state index is 0.690. The minimum absolute atomic E-state index is 0.690. The summed E-state index contributed by atoms with van der Waals surface area (Å²) < 4.78 is 2.40. The minimum Gasteiger partial charge on any atom is -0.227 e. The molecule has 6 heteroatoms. The van der Waals surface area contributed by atoms with E-state index in [0.29, 0.717) is 11.6 Å². The van der Waals surface area contributed by atoms with Crippen LogP contribution in [-0.2, 0) is 0 Å². The predicted octanol–water partition coefficient (Wildman–Crippen LogP) is 14.0. The molecule has 0 radical (unpaired) electrons. The monoisotopic (exact) mass is 750 g/mol. The van der Waals surface area contributed by atoms with Crippen molar-refractivity contribution >= 4 is 63.3 Å². The first-order chi connectivity index (χ1) is 27.7. The lowest BCUT2D eigenvalue weighted by Crippen LogP contribution is -1.96. The van der Waals surface area contributed by atoms with E-state index in [9.17, 15) is 0 Å². The van der Waals surface area contributed by atoms with Crippen LogP contribution in [0.25, 0.3) is 108 Å². The molecule has 0 aliphatic heterocycles. The average molecular weight is 751 g/mol. The van der Waals surface area contributed by atoms with E-state index in [0.717, 1.165) is 65.2 Å². The Balaban J connectivity index is 1.04. The van der Waals surface area contributed by atoms with E-state index in [4.69, 9.17) is 19.9 Å². The Labute approximate surface area is 331 Å². The molecule has 4 nitrogen and oxygen atoms in total. The maximum Gasteiger partial charge on any atom is 0.161 e. The molecule has 0 atom stereocenters. The van der Waals surface area contributed by atoms with Gasteiger partial charge in [-0.2, -0.15) is 0 Å². The molecule has 0 spiro atoms. The third-order valence-corrected chi connectivity index (χ3v) is 12.5. The van der Waals surface area contributed by atoms with Gasteiger partial charge in [0.05, 0.1) is 11.4 Å². The Morgan fingerprint density at radius 1 is 0.286 bits per heavy atom. The molecule has 4 heterocycles. The summed E-state index contributed by atoms with van der Waals surface area (Å²) in [5.74, 6) is 1.38. The topological polar surface area (TPSA) is 51.6 Å². The first kappa shape index (κ1) is 32.6. The van der Waals surface area contributed by atoms with Crippen LogP contribution in [0.1, 0.15) is 0 Å². The molecule has 0 unspecified atom stereocenters. The van der Waals surface area contributed by atoms with E-state index in [1.807, 2.05) is 0 Å². The molecule has 262 valence electrons. The first-order valence-electron chi connectivity index (χ1n) is 18.5. The van der Waals surface area contributed by atoms with Crippen LogP contribution in [0.4, 0.5) is 0 Å². The zero-order valence-electron chi connectivity index (χ0n) is 29.9. The number of hydrogen-bond donors (Lipinski definition) is 0. The van der Waals surface area contributed by atoms with Gasteiger partial charge in [-0.25, -0.2) is 19.9 Å². The van der Waals surface area contributed by atoms with Crippen molar-refractivity contribution in [3.63, 3.8) is 0 Å². The second-order valence-corrected chi connectivity index (χ2v) is 15.9. The highest BCUT2D eigenvalue weighted by Gasteiger charge is 2.20. The van der Waals surface area contributed by atoms with Gasteiger partial charge in [0.1, 0.15) is 9.66 Å². The molecular formula is C50H30N4S2. The van der Waals surface area contributed by atoms with E-state index in [-0.39, 0.29) is 0 Å². The van der Waals surface area contributed by atoms with Crippen molar-refractivity contribution in [2.75, 3.05) is 0 Å². The van der Waals surface area contributed by atoms with Gasteiger partial charge in [-0.05, 0) is 46.5 Å². The molecule has 0 N–H and O–H groups in total. The number of rotatable bonds is 6. The fraction of sp³-hybridized carbons (Fsp3) is 0. The van der Waals surface area contributed by atoms with Gasteiger partial charge in [0.2, 0.25) is 0 Å². The molecule has 11 rings (SSSR count). The number of benzene rings is 7. The number of fused-ring (bicyclic) bond motifs is 6. The molecular weight excluding hydrogens is 721 g/mol. The van der Waals surface area contributed by atoms with E-state index in [1.165, 1.54) is 31.3 Å². The van der Waals surface area contributed by atoms with Gasteiger partial charge in [-0.15, -0.1) is 22.7 Å². The lowest BCUT2D eigenvalue weighted by atomic mass is 9.99. The Bertz CT molecular complexity index is 3020. The van der Waals surface area contributed by atoms with E-state index in [2.05, 4.69) is 182 Å². The molecule has 0 bridgehead atoms. The van der Waals surface area contributed by atoms with Crippen molar-refractivity contribution < 1.29 is 0 Å². The second kappa shape index (κ2) is 13.5. The van der Waals surface area contributed by atoms with Crippen molar-refractivity contribution in [3.05, 3.63) is 182 Å². The van der Waals surface area contributed by atoms with Crippen LogP contribution in [-0.4, -0.2) is 19.9 Å². The molecule has 0 saturated heterocycles. The summed E-state index contributed by atoms with van der Waals surface area (Å²) in [5, 5.41) is 4.52. The van der Waals surface area contributed by atoms with Gasteiger partial charge in [0.15, 0.2) is 11.6 Å². The molecule has 0 aliphatic rings. The highest BCUT2D eigenvalue weighted by Crippen LogP contribution is 2.42. The third kappa shape index (κ3) is 5.66. The highest BCUT2D eigenvalue weighted by molar-refractivity contribution is 7.26. The zero-order chi connectivity index (χ0) is 37.0. The first-order valence-corrected chi connectivity index (χ1v) is 20.2. The Kier molecular flexibility index (Phi) is 7.83. The van der Waals surface area contributed by atoms with E-state index < -0.39 is 0 Å². The lowest BCUT2D eigenvalue weighted by Gasteiger charge is -2.11. The molecule has 11 aromatic rings. The summed E-state index contributed by atoms with van der Waals surface area (Å²) in [6.07, 6.45) is 0. The predicted molar refractivity (Wildman–Crippen MR) is 236 cm³/mol. The number of thiophene rings is 2. The Hall–Kier alpha value is -6.86. The van der Waals surface area contributed by atoms with Gasteiger partial charge in [-0.3, -0.25) is 0 Å². The molecule has 7 aromatic carbocycles. The number of hydrogen-bond acceptors (Lipinski definition) is 6. The van der Waals surface area contributed by atoms with Crippen LogP contribution < -0.4 is 0 Å². The van der Waals surface area contributed by atoms with Crippen LogP contribution >= 0.6 is 22.7 Å². The third-order valence-electron chi connectivity index (χ3n) is 10.4. The van der Waals surface area contributed by atoms with Gasteiger partial charge < -0.3 is 0 Å². The quantitative estimate of drug-likeness (QED) is 0.170. The fourth-order valence-corrected chi connectivity index (χ4v) is 9.80. The van der Waals surface area contributed by atoms with Crippen LogP contribution in [0.15, 0.2) is 182 Å². The number of aromatic nitrogens is 4. The standard InChI is InChI=1S/C50H30N4S2/c1-3-13-31(14-4-1)35-17-11-19-37(29-35)45-43-39-21-7-9-23-41(39)55-49(43)53-47(51-45)33-25-27-34(28-26-33)48-52-46(44-40-22-8-10-24-42(40)56-50(44)54-48)38-20-12-18-36(30-38)32-15-5-2-6-16-32/h1-30H. The zero-order valence-corrected chi connectivity index (χ0v) is 31.6. The molecule has 0 fully saturated rings. The molecule has 0 saturated carbocycles. The molecule has 0 aliphatic carbocycles. The summed E-state index contributed by atoms with van der Waals surface area (Å²) in [6, 6.07) is 63.8. The van der Waals surface area contributed by atoms with Gasteiger partial charge in [0.25, 0.3) is 0 Å². The van der Waals surface area contributed by atoms with Crippen molar-refractivity contribution in [1.29, 1.82) is 0 Å². The van der Waals surface area contributed by atoms with Crippen molar-refractivity contribution in [1.82, 2.24) is 19.9 Å². The summed E-state index contributed by atoms with van der Waals surface area (Å²) >= 11 is 3.42. The van der Waals surface area contributed by atoms with Gasteiger partial charge in [0, 0.05) is 53.2 Å². The smallest absolute Gasteiger partial charge is 0.161 e. The van der Waals surface area contributed by atoms with Gasteiger partial charge in [-0.1, -0.05) is 158 Å². The maximum atomic E-state index is 5.32. The number of nitrogens with zero attached hydrogens (tertiary/aromatic N) is 4. The summed E-state index contributed by atoms with van der Waals surface area (Å²) in [5.41, 5.74) is 10.5. The van der Waals surface area contributed by atoms with Crippen molar-refractivity contribution in [2.45, 2.75) is 0 Å². The Morgan fingerprint density at radius 2 is 0.661 bits per heavy atom. The highest BCUT2D eigenvalue weighted by atomic mass is 32.1. The van der Waals surface area contributed by atoms with Crippen LogP contribution in [0.2, 0.25) is 0 Å². The largest absolute Gasteiger partial charge is 0.227 e. The maximum absolute atomic E-state index is 5.32. The van der Waals surface area contributed by atoms with Crippen molar-refractivity contribution in [2.24, 2.45) is 0 Å².